The molecular formula is C12H14FNO2. The summed E-state index contributed by atoms with van der Waals surface area (Å²) in [7, 11) is 0. The number of rotatable bonds is 4. The fourth-order valence-corrected chi connectivity index (χ4v) is 1.32. The second kappa shape index (κ2) is 4.51. The number of benzene rings is 1. The van der Waals surface area contributed by atoms with Crippen LogP contribution in [0.25, 0.3) is 0 Å². The predicted octanol–water partition coefficient (Wildman–Crippen LogP) is 1.87. The molecule has 0 bridgehead atoms. The zero-order valence-corrected chi connectivity index (χ0v) is 9.07. The molecule has 86 valence electrons. The molecule has 16 heavy (non-hydrogen) atoms. The van der Waals surface area contributed by atoms with Crippen molar-refractivity contribution in [3.8, 4) is 5.75 Å². The molecule has 1 fully saturated rings. The smallest absolute Gasteiger partial charge is 0.260 e. The van der Waals surface area contributed by atoms with Crippen LogP contribution in [0.5, 0.6) is 5.75 Å². The third-order valence-corrected chi connectivity index (χ3v) is 2.42. The predicted molar refractivity (Wildman–Crippen MR) is 57.7 cm³/mol. The minimum atomic E-state index is -0.550. The fraction of sp³-hybridized carbons (Fsp3) is 0.417. The lowest BCUT2D eigenvalue weighted by Gasteiger charge is -2.14. The summed E-state index contributed by atoms with van der Waals surface area (Å²) < 4.78 is 18.0. The van der Waals surface area contributed by atoms with Crippen LogP contribution in [0.15, 0.2) is 24.3 Å². The first-order valence-electron chi connectivity index (χ1n) is 5.38. The highest BCUT2D eigenvalue weighted by atomic mass is 19.1. The monoisotopic (exact) mass is 223 g/mol. The molecule has 0 saturated heterocycles. The summed E-state index contributed by atoms with van der Waals surface area (Å²) in [6, 6.07) is 5.96. The molecule has 1 aromatic carbocycles. The molecule has 0 aliphatic heterocycles. The van der Waals surface area contributed by atoms with E-state index in [0.717, 1.165) is 12.8 Å². The topological polar surface area (TPSA) is 38.3 Å². The highest BCUT2D eigenvalue weighted by Crippen LogP contribution is 2.19. The molecular weight excluding hydrogens is 209 g/mol. The highest BCUT2D eigenvalue weighted by molar-refractivity contribution is 5.81. The molecule has 4 heteroatoms. The van der Waals surface area contributed by atoms with Crippen LogP contribution in [-0.4, -0.2) is 18.1 Å². The molecule has 0 spiro atoms. The number of ether oxygens (including phenoxy) is 1. The normalized spacial score (nSPS) is 16.6. The standard InChI is InChI=1S/C12H14FNO2/c1-8(12(15)14-10-4-5-10)16-11-6-2-9(13)3-7-11/h2-3,6-8,10H,4-5H2,1H3,(H,14,15). The molecule has 1 aliphatic carbocycles. The van der Waals surface area contributed by atoms with Crippen molar-refractivity contribution in [3.63, 3.8) is 0 Å². The first kappa shape index (κ1) is 10.9. The van der Waals surface area contributed by atoms with E-state index in [0.29, 0.717) is 11.8 Å². The van der Waals surface area contributed by atoms with Gasteiger partial charge in [-0.3, -0.25) is 4.79 Å². The van der Waals surface area contributed by atoms with Crippen molar-refractivity contribution in [2.24, 2.45) is 0 Å². The minimum absolute atomic E-state index is 0.119. The molecule has 1 amide bonds. The van der Waals surface area contributed by atoms with E-state index in [1.54, 1.807) is 6.92 Å². The van der Waals surface area contributed by atoms with Gasteiger partial charge in [0.2, 0.25) is 0 Å². The Morgan fingerprint density at radius 1 is 1.44 bits per heavy atom. The molecule has 0 heterocycles. The Labute approximate surface area is 93.6 Å². The SMILES string of the molecule is CC(Oc1ccc(F)cc1)C(=O)NC1CC1. The van der Waals surface area contributed by atoms with E-state index >= 15 is 0 Å². The Balaban J connectivity index is 1.87. The average Bonchev–Trinajstić information content (AvgIpc) is 3.05. The Morgan fingerprint density at radius 3 is 2.62 bits per heavy atom. The van der Waals surface area contributed by atoms with Gasteiger partial charge in [0.25, 0.3) is 5.91 Å². The van der Waals surface area contributed by atoms with Crippen molar-refractivity contribution < 1.29 is 13.9 Å². The number of hydrogen-bond donors (Lipinski definition) is 1. The maximum absolute atomic E-state index is 12.6. The number of halogens is 1. The van der Waals surface area contributed by atoms with E-state index < -0.39 is 6.10 Å². The van der Waals surface area contributed by atoms with Gasteiger partial charge in [0.1, 0.15) is 11.6 Å². The molecule has 1 N–H and O–H groups in total. The molecule has 0 aromatic heterocycles. The van der Waals surface area contributed by atoms with Crippen LogP contribution in [0.4, 0.5) is 4.39 Å². The first-order chi connectivity index (χ1) is 7.65. The summed E-state index contributed by atoms with van der Waals surface area (Å²) in [5.74, 6) is 0.0640. The van der Waals surface area contributed by atoms with Gasteiger partial charge < -0.3 is 10.1 Å². The van der Waals surface area contributed by atoms with E-state index in [2.05, 4.69) is 5.32 Å². The molecule has 0 radical (unpaired) electrons. The van der Waals surface area contributed by atoms with E-state index in [1.165, 1.54) is 24.3 Å². The lowest BCUT2D eigenvalue weighted by Crippen LogP contribution is -2.37. The average molecular weight is 223 g/mol. The van der Waals surface area contributed by atoms with E-state index in [-0.39, 0.29) is 11.7 Å². The Kier molecular flexibility index (Phi) is 3.08. The van der Waals surface area contributed by atoms with E-state index in [4.69, 9.17) is 4.74 Å². The van der Waals surface area contributed by atoms with Gasteiger partial charge in [0, 0.05) is 6.04 Å². The number of amides is 1. The molecule has 3 nitrogen and oxygen atoms in total. The van der Waals surface area contributed by atoms with Crippen molar-refractivity contribution in [2.75, 3.05) is 0 Å². The van der Waals surface area contributed by atoms with Crippen molar-refractivity contribution in [1.82, 2.24) is 5.32 Å². The van der Waals surface area contributed by atoms with Crippen molar-refractivity contribution in [1.29, 1.82) is 0 Å². The number of nitrogens with one attached hydrogen (secondary N) is 1. The van der Waals surface area contributed by atoms with Gasteiger partial charge >= 0.3 is 0 Å². The molecule has 1 aliphatic rings. The van der Waals surface area contributed by atoms with Crippen LogP contribution in [0, 0.1) is 5.82 Å². The van der Waals surface area contributed by atoms with Gasteiger partial charge in [0.05, 0.1) is 0 Å². The number of carbonyl (C=O) groups is 1. The van der Waals surface area contributed by atoms with Gasteiger partial charge in [-0.05, 0) is 44.0 Å². The van der Waals surface area contributed by atoms with Gasteiger partial charge in [-0.25, -0.2) is 4.39 Å². The molecule has 1 saturated carbocycles. The fourth-order valence-electron chi connectivity index (χ4n) is 1.32. The lowest BCUT2D eigenvalue weighted by molar-refractivity contribution is -0.127. The van der Waals surface area contributed by atoms with Crippen LogP contribution >= 0.6 is 0 Å². The van der Waals surface area contributed by atoms with Crippen LogP contribution in [0.3, 0.4) is 0 Å². The maximum Gasteiger partial charge on any atom is 0.260 e. The van der Waals surface area contributed by atoms with Crippen LogP contribution in [0.2, 0.25) is 0 Å². The van der Waals surface area contributed by atoms with Gasteiger partial charge in [-0.1, -0.05) is 0 Å². The third-order valence-electron chi connectivity index (χ3n) is 2.42. The summed E-state index contributed by atoms with van der Waals surface area (Å²) >= 11 is 0. The van der Waals surface area contributed by atoms with E-state index in [1.807, 2.05) is 0 Å². The minimum Gasteiger partial charge on any atom is -0.481 e. The van der Waals surface area contributed by atoms with Crippen LogP contribution in [-0.2, 0) is 4.79 Å². The van der Waals surface area contributed by atoms with Crippen LogP contribution in [0.1, 0.15) is 19.8 Å². The Hall–Kier alpha value is -1.58. The maximum atomic E-state index is 12.6. The van der Waals surface area contributed by atoms with Crippen LogP contribution < -0.4 is 10.1 Å². The number of hydrogen-bond acceptors (Lipinski definition) is 2. The second-order valence-corrected chi connectivity index (χ2v) is 4.00. The zero-order chi connectivity index (χ0) is 11.5. The molecule has 2 rings (SSSR count). The summed E-state index contributed by atoms with van der Waals surface area (Å²) in [5.41, 5.74) is 0. The summed E-state index contributed by atoms with van der Waals surface area (Å²) in [5, 5.41) is 2.85. The molecule has 1 atom stereocenters. The van der Waals surface area contributed by atoms with Crippen molar-refractivity contribution in [3.05, 3.63) is 30.1 Å². The van der Waals surface area contributed by atoms with Gasteiger partial charge in [-0.2, -0.15) is 0 Å². The van der Waals surface area contributed by atoms with Gasteiger partial charge in [-0.15, -0.1) is 0 Å². The van der Waals surface area contributed by atoms with Gasteiger partial charge in [0.15, 0.2) is 6.10 Å². The van der Waals surface area contributed by atoms with E-state index in [9.17, 15) is 9.18 Å². The Morgan fingerprint density at radius 2 is 2.06 bits per heavy atom. The quantitative estimate of drug-likeness (QED) is 0.846. The Bertz CT molecular complexity index is 373. The second-order valence-electron chi connectivity index (χ2n) is 4.00. The lowest BCUT2D eigenvalue weighted by atomic mass is 10.3. The van der Waals surface area contributed by atoms with Crippen molar-refractivity contribution >= 4 is 5.91 Å². The number of carbonyl (C=O) groups excluding carboxylic acids is 1. The largest absolute Gasteiger partial charge is 0.481 e. The molecule has 1 unspecified atom stereocenters. The summed E-state index contributed by atoms with van der Waals surface area (Å²) in [6.45, 7) is 1.68. The zero-order valence-electron chi connectivity index (χ0n) is 9.07. The van der Waals surface area contributed by atoms with Crippen molar-refractivity contribution in [2.45, 2.75) is 31.9 Å². The molecule has 1 aromatic rings. The third kappa shape index (κ3) is 2.95. The summed E-state index contributed by atoms with van der Waals surface area (Å²) in [6.07, 6.45) is 1.55. The highest BCUT2D eigenvalue weighted by Gasteiger charge is 2.26. The first-order valence-corrected chi connectivity index (χ1v) is 5.38. The summed E-state index contributed by atoms with van der Waals surface area (Å²) in [4.78, 5) is 11.6.